The van der Waals surface area contributed by atoms with Crippen LogP contribution in [0.2, 0.25) is 0 Å². The third-order valence-electron chi connectivity index (χ3n) is 3.56. The minimum absolute atomic E-state index is 0.479. The van der Waals surface area contributed by atoms with Gasteiger partial charge in [0.1, 0.15) is 0 Å². The molecule has 1 heteroatoms. The van der Waals surface area contributed by atoms with Gasteiger partial charge in [0, 0.05) is 12.6 Å². The molecular formula is C17H17N. The molecule has 0 N–H and O–H groups in total. The predicted octanol–water partition coefficient (Wildman–Crippen LogP) is 3.80. The van der Waals surface area contributed by atoms with Crippen molar-refractivity contribution in [1.29, 1.82) is 0 Å². The molecule has 1 unspecified atom stereocenters. The summed E-state index contributed by atoms with van der Waals surface area (Å²) in [6, 6.07) is 22.3. The quantitative estimate of drug-likeness (QED) is 0.575. The Hall–Kier alpha value is -1.86. The van der Waals surface area contributed by atoms with Gasteiger partial charge in [-0.3, -0.25) is 4.90 Å². The van der Waals surface area contributed by atoms with Crippen molar-refractivity contribution in [2.24, 2.45) is 0 Å². The summed E-state index contributed by atoms with van der Waals surface area (Å²) in [5.41, 5.74) is 2.75. The SMILES string of the molecule is C=C[C@@H]1[C@@H](c2ccccc2)N1Cc1ccccc1. The third kappa shape index (κ3) is 2.09. The van der Waals surface area contributed by atoms with Crippen molar-refractivity contribution >= 4 is 0 Å². The largest absolute Gasteiger partial charge is 0.282 e. The van der Waals surface area contributed by atoms with Crippen LogP contribution in [0.4, 0.5) is 0 Å². The summed E-state index contributed by atoms with van der Waals surface area (Å²) >= 11 is 0. The van der Waals surface area contributed by atoms with E-state index in [-0.39, 0.29) is 0 Å². The normalized spacial score (nSPS) is 25.7. The van der Waals surface area contributed by atoms with Crippen LogP contribution >= 0.6 is 0 Å². The average molecular weight is 235 g/mol. The second kappa shape index (κ2) is 4.79. The Labute approximate surface area is 108 Å². The number of hydrogen-bond donors (Lipinski definition) is 0. The molecule has 1 heterocycles. The molecule has 18 heavy (non-hydrogen) atoms. The zero-order valence-electron chi connectivity index (χ0n) is 10.4. The van der Waals surface area contributed by atoms with Crippen LogP contribution in [0.3, 0.4) is 0 Å². The Bertz CT molecular complexity index is 518. The molecule has 1 nitrogen and oxygen atoms in total. The Morgan fingerprint density at radius 1 is 0.944 bits per heavy atom. The maximum atomic E-state index is 3.95. The highest BCUT2D eigenvalue weighted by Crippen LogP contribution is 2.44. The van der Waals surface area contributed by atoms with E-state index in [2.05, 4.69) is 78.2 Å². The lowest BCUT2D eigenvalue weighted by Crippen LogP contribution is -2.00. The molecule has 1 saturated heterocycles. The molecule has 90 valence electrons. The standard InChI is InChI=1S/C17H17N/c1-2-16-17(15-11-7-4-8-12-15)18(16)13-14-9-5-3-6-10-14/h2-12,16-17H,1,13H2/t16-,17-,18?/m1/s1. The lowest BCUT2D eigenvalue weighted by atomic mass is 10.1. The van der Waals surface area contributed by atoms with Crippen molar-refractivity contribution < 1.29 is 0 Å². The first-order chi connectivity index (χ1) is 8.90. The van der Waals surface area contributed by atoms with Crippen LogP contribution in [0, 0.1) is 0 Å². The van der Waals surface area contributed by atoms with Crippen LogP contribution in [0.1, 0.15) is 17.2 Å². The van der Waals surface area contributed by atoms with Crippen molar-refractivity contribution in [3.8, 4) is 0 Å². The monoisotopic (exact) mass is 235 g/mol. The van der Waals surface area contributed by atoms with Gasteiger partial charge in [0.15, 0.2) is 0 Å². The fraction of sp³-hybridized carbons (Fsp3) is 0.176. The van der Waals surface area contributed by atoms with Crippen molar-refractivity contribution in [2.45, 2.75) is 18.6 Å². The molecule has 3 atom stereocenters. The van der Waals surface area contributed by atoms with Crippen molar-refractivity contribution in [2.75, 3.05) is 0 Å². The van der Waals surface area contributed by atoms with E-state index in [1.54, 1.807) is 0 Å². The average Bonchev–Trinajstić information content (AvgIpc) is 3.14. The molecule has 0 spiro atoms. The second-order valence-corrected chi connectivity index (χ2v) is 4.74. The molecule has 0 saturated carbocycles. The smallest absolute Gasteiger partial charge is 0.0549 e. The van der Waals surface area contributed by atoms with Gasteiger partial charge in [-0.15, -0.1) is 6.58 Å². The lowest BCUT2D eigenvalue weighted by Gasteiger charge is -2.04. The summed E-state index contributed by atoms with van der Waals surface area (Å²) in [5.74, 6) is 0. The molecule has 0 radical (unpaired) electrons. The molecule has 2 aromatic carbocycles. The number of benzene rings is 2. The Balaban J connectivity index is 1.76. The van der Waals surface area contributed by atoms with Gasteiger partial charge >= 0.3 is 0 Å². The first-order valence-electron chi connectivity index (χ1n) is 6.37. The summed E-state index contributed by atoms with van der Waals surface area (Å²) in [7, 11) is 0. The molecule has 0 bridgehead atoms. The van der Waals surface area contributed by atoms with E-state index in [9.17, 15) is 0 Å². The molecule has 3 rings (SSSR count). The summed E-state index contributed by atoms with van der Waals surface area (Å²) in [5, 5.41) is 0. The van der Waals surface area contributed by atoms with Crippen molar-refractivity contribution in [3.63, 3.8) is 0 Å². The second-order valence-electron chi connectivity index (χ2n) is 4.74. The van der Waals surface area contributed by atoms with Gasteiger partial charge in [-0.1, -0.05) is 66.7 Å². The number of nitrogens with zero attached hydrogens (tertiary/aromatic N) is 1. The van der Waals surface area contributed by atoms with Gasteiger partial charge in [0.25, 0.3) is 0 Å². The lowest BCUT2D eigenvalue weighted by molar-refractivity contribution is 0.493. The topological polar surface area (TPSA) is 3.01 Å². The molecule has 1 fully saturated rings. The van der Waals surface area contributed by atoms with E-state index >= 15 is 0 Å². The highest BCUT2D eigenvalue weighted by molar-refractivity contribution is 5.31. The van der Waals surface area contributed by atoms with E-state index in [0.29, 0.717) is 12.1 Å². The molecule has 0 amide bonds. The molecule has 0 aromatic heterocycles. The Kier molecular flexibility index (Phi) is 2.99. The van der Waals surface area contributed by atoms with Crippen LogP contribution < -0.4 is 0 Å². The van der Waals surface area contributed by atoms with Crippen LogP contribution in [-0.4, -0.2) is 10.9 Å². The number of hydrogen-bond acceptors (Lipinski definition) is 1. The van der Waals surface area contributed by atoms with E-state index in [1.807, 2.05) is 0 Å². The van der Waals surface area contributed by atoms with E-state index in [4.69, 9.17) is 0 Å². The predicted molar refractivity (Wildman–Crippen MR) is 75.2 cm³/mol. The number of rotatable bonds is 4. The zero-order valence-corrected chi connectivity index (χ0v) is 10.4. The minimum atomic E-state index is 0.479. The zero-order chi connectivity index (χ0) is 12.4. The van der Waals surface area contributed by atoms with Gasteiger partial charge in [0.05, 0.1) is 6.04 Å². The van der Waals surface area contributed by atoms with Gasteiger partial charge < -0.3 is 0 Å². The van der Waals surface area contributed by atoms with Crippen LogP contribution in [0.25, 0.3) is 0 Å². The van der Waals surface area contributed by atoms with E-state index in [0.717, 1.165) is 6.54 Å². The van der Waals surface area contributed by atoms with Gasteiger partial charge in [0.2, 0.25) is 0 Å². The highest BCUT2D eigenvalue weighted by atomic mass is 15.3. The van der Waals surface area contributed by atoms with Crippen molar-refractivity contribution in [3.05, 3.63) is 84.4 Å². The summed E-state index contributed by atoms with van der Waals surface area (Å²) < 4.78 is 0. The summed E-state index contributed by atoms with van der Waals surface area (Å²) in [4.78, 5) is 2.47. The van der Waals surface area contributed by atoms with Crippen LogP contribution in [0.5, 0.6) is 0 Å². The highest BCUT2D eigenvalue weighted by Gasteiger charge is 2.45. The first kappa shape index (κ1) is 11.2. The molecule has 1 aliphatic rings. The molecule has 1 aliphatic heterocycles. The maximum Gasteiger partial charge on any atom is 0.0549 e. The van der Waals surface area contributed by atoms with Crippen LogP contribution in [0.15, 0.2) is 73.3 Å². The Morgan fingerprint density at radius 3 is 2.17 bits per heavy atom. The Morgan fingerprint density at radius 2 is 1.56 bits per heavy atom. The first-order valence-corrected chi connectivity index (χ1v) is 6.37. The van der Waals surface area contributed by atoms with E-state index in [1.165, 1.54) is 11.1 Å². The fourth-order valence-electron chi connectivity index (χ4n) is 2.60. The van der Waals surface area contributed by atoms with Gasteiger partial charge in [-0.25, -0.2) is 0 Å². The minimum Gasteiger partial charge on any atom is -0.282 e. The van der Waals surface area contributed by atoms with E-state index < -0.39 is 0 Å². The van der Waals surface area contributed by atoms with Crippen LogP contribution in [-0.2, 0) is 6.54 Å². The molecular weight excluding hydrogens is 218 g/mol. The third-order valence-corrected chi connectivity index (χ3v) is 3.56. The van der Waals surface area contributed by atoms with Gasteiger partial charge in [-0.05, 0) is 11.1 Å². The summed E-state index contributed by atoms with van der Waals surface area (Å²) in [6.45, 7) is 4.95. The fourth-order valence-corrected chi connectivity index (χ4v) is 2.60. The molecule has 0 aliphatic carbocycles. The maximum absolute atomic E-state index is 3.95. The van der Waals surface area contributed by atoms with Gasteiger partial charge in [-0.2, -0.15) is 0 Å². The molecule has 2 aromatic rings. The van der Waals surface area contributed by atoms with Crippen molar-refractivity contribution in [1.82, 2.24) is 4.90 Å². The summed E-state index contributed by atoms with van der Waals surface area (Å²) in [6.07, 6.45) is 2.06.